The van der Waals surface area contributed by atoms with Crippen LogP contribution in [0.25, 0.3) is 5.65 Å². The van der Waals surface area contributed by atoms with Crippen LogP contribution in [0.4, 0.5) is 5.69 Å². The molecule has 6 nitrogen and oxygen atoms in total. The Morgan fingerprint density at radius 3 is 2.90 bits per heavy atom. The summed E-state index contributed by atoms with van der Waals surface area (Å²) in [6, 6.07) is 3.31. The Balaban J connectivity index is 1.84. The average Bonchev–Trinajstić information content (AvgIpc) is 2.82. The van der Waals surface area contributed by atoms with E-state index in [1.54, 1.807) is 31.7 Å². The first kappa shape index (κ1) is 12.9. The number of nitrogens with zero attached hydrogens (tertiary/aromatic N) is 4. The molecule has 0 spiro atoms. The Morgan fingerprint density at radius 1 is 1.25 bits per heavy atom. The SMILES string of the molecule is Cn1cc(NCc2cnc3cnc(Br)cn23)ccc1=O. The molecule has 0 aromatic carbocycles. The first-order valence-electron chi connectivity index (χ1n) is 6.01. The quantitative estimate of drug-likeness (QED) is 0.793. The zero-order chi connectivity index (χ0) is 14.1. The highest BCUT2D eigenvalue weighted by atomic mass is 79.9. The second kappa shape index (κ2) is 5.09. The molecule has 0 bridgehead atoms. The van der Waals surface area contributed by atoms with Crippen LogP contribution in [0.1, 0.15) is 5.69 Å². The van der Waals surface area contributed by atoms with E-state index in [9.17, 15) is 4.79 Å². The van der Waals surface area contributed by atoms with Crippen molar-refractivity contribution in [3.05, 3.63) is 57.6 Å². The second-order valence-corrected chi connectivity index (χ2v) is 5.22. The fraction of sp³-hybridized carbons (Fsp3) is 0.154. The summed E-state index contributed by atoms with van der Waals surface area (Å²) in [5.74, 6) is 0. The van der Waals surface area contributed by atoms with Crippen molar-refractivity contribution in [2.75, 3.05) is 5.32 Å². The van der Waals surface area contributed by atoms with Gasteiger partial charge in [0.05, 0.1) is 30.3 Å². The minimum absolute atomic E-state index is 0.0274. The Morgan fingerprint density at radius 2 is 2.10 bits per heavy atom. The fourth-order valence-electron chi connectivity index (χ4n) is 1.94. The maximum Gasteiger partial charge on any atom is 0.250 e. The topological polar surface area (TPSA) is 64.2 Å². The number of hydrogen-bond donors (Lipinski definition) is 1. The summed E-state index contributed by atoms with van der Waals surface area (Å²) in [6.07, 6.45) is 7.15. The Labute approximate surface area is 123 Å². The molecule has 0 saturated heterocycles. The molecule has 20 heavy (non-hydrogen) atoms. The average molecular weight is 334 g/mol. The predicted molar refractivity (Wildman–Crippen MR) is 79.7 cm³/mol. The minimum atomic E-state index is -0.0274. The van der Waals surface area contributed by atoms with Crippen molar-refractivity contribution in [3.8, 4) is 0 Å². The summed E-state index contributed by atoms with van der Waals surface area (Å²) in [5, 5.41) is 3.27. The number of pyridine rings is 1. The van der Waals surface area contributed by atoms with E-state index in [0.717, 1.165) is 21.6 Å². The summed E-state index contributed by atoms with van der Waals surface area (Å²) < 4.78 is 4.26. The molecular formula is C13H12BrN5O. The van der Waals surface area contributed by atoms with E-state index >= 15 is 0 Å². The Kier molecular flexibility index (Phi) is 3.27. The standard InChI is InChI=1S/C13H12BrN5O/c1-18-7-9(2-3-13(18)20)15-4-10-5-17-12-6-16-11(14)8-19(10)12/h2-3,5-8,15H,4H2,1H3. The van der Waals surface area contributed by atoms with Crippen LogP contribution in [0.2, 0.25) is 0 Å². The molecule has 7 heteroatoms. The van der Waals surface area contributed by atoms with E-state index in [-0.39, 0.29) is 5.56 Å². The van der Waals surface area contributed by atoms with Crippen molar-refractivity contribution in [1.29, 1.82) is 0 Å². The zero-order valence-corrected chi connectivity index (χ0v) is 12.3. The van der Waals surface area contributed by atoms with Crippen molar-refractivity contribution in [1.82, 2.24) is 18.9 Å². The van der Waals surface area contributed by atoms with Crippen molar-refractivity contribution in [2.24, 2.45) is 7.05 Å². The fourth-order valence-corrected chi connectivity index (χ4v) is 2.25. The summed E-state index contributed by atoms with van der Waals surface area (Å²) in [7, 11) is 1.73. The Hall–Kier alpha value is -2.15. The van der Waals surface area contributed by atoms with Crippen molar-refractivity contribution in [3.63, 3.8) is 0 Å². The van der Waals surface area contributed by atoms with Crippen molar-refractivity contribution < 1.29 is 0 Å². The summed E-state index contributed by atoms with van der Waals surface area (Å²) in [4.78, 5) is 19.7. The molecule has 102 valence electrons. The van der Waals surface area contributed by atoms with Crippen LogP contribution >= 0.6 is 15.9 Å². The van der Waals surface area contributed by atoms with Gasteiger partial charge in [0.15, 0.2) is 5.65 Å². The largest absolute Gasteiger partial charge is 0.378 e. The third kappa shape index (κ3) is 2.44. The highest BCUT2D eigenvalue weighted by molar-refractivity contribution is 9.10. The van der Waals surface area contributed by atoms with Crippen molar-refractivity contribution in [2.45, 2.75) is 6.54 Å². The van der Waals surface area contributed by atoms with Gasteiger partial charge in [0.25, 0.3) is 0 Å². The number of aromatic nitrogens is 4. The third-order valence-electron chi connectivity index (χ3n) is 3.00. The molecular weight excluding hydrogens is 322 g/mol. The number of aryl methyl sites for hydroxylation is 1. The van der Waals surface area contributed by atoms with Gasteiger partial charge >= 0.3 is 0 Å². The summed E-state index contributed by atoms with van der Waals surface area (Å²) in [6.45, 7) is 0.607. The van der Waals surface area contributed by atoms with Gasteiger partial charge in [0.2, 0.25) is 5.56 Å². The molecule has 0 fully saturated rings. The summed E-state index contributed by atoms with van der Waals surface area (Å²) in [5.41, 5.74) is 2.66. The van der Waals surface area contributed by atoms with Crippen LogP contribution in [-0.4, -0.2) is 18.9 Å². The van der Waals surface area contributed by atoms with Gasteiger partial charge in [-0.2, -0.15) is 0 Å². The van der Waals surface area contributed by atoms with E-state index in [4.69, 9.17) is 0 Å². The maximum absolute atomic E-state index is 11.3. The second-order valence-electron chi connectivity index (χ2n) is 4.41. The van der Waals surface area contributed by atoms with Crippen LogP contribution in [0.3, 0.4) is 0 Å². The molecule has 0 unspecified atom stereocenters. The molecule has 0 atom stereocenters. The number of rotatable bonds is 3. The molecule has 1 N–H and O–H groups in total. The molecule has 3 aromatic heterocycles. The molecule has 3 rings (SSSR count). The van der Waals surface area contributed by atoms with Crippen LogP contribution in [-0.2, 0) is 13.6 Å². The lowest BCUT2D eigenvalue weighted by molar-refractivity contribution is 0.858. The lowest BCUT2D eigenvalue weighted by atomic mass is 10.4. The van der Waals surface area contributed by atoms with Gasteiger partial charge in [0.1, 0.15) is 4.60 Å². The van der Waals surface area contributed by atoms with E-state index < -0.39 is 0 Å². The minimum Gasteiger partial charge on any atom is -0.378 e. The van der Waals surface area contributed by atoms with Gasteiger partial charge in [-0.05, 0) is 22.0 Å². The number of halogens is 1. The molecule has 0 saturated carbocycles. The molecule has 0 aliphatic rings. The van der Waals surface area contributed by atoms with E-state index in [1.807, 2.05) is 10.6 Å². The highest BCUT2D eigenvalue weighted by Gasteiger charge is 2.04. The van der Waals surface area contributed by atoms with Crippen LogP contribution in [0, 0.1) is 0 Å². The number of nitrogens with one attached hydrogen (secondary N) is 1. The molecule has 3 aromatic rings. The van der Waals surface area contributed by atoms with E-state index in [2.05, 4.69) is 31.2 Å². The molecule has 3 heterocycles. The number of hydrogen-bond acceptors (Lipinski definition) is 4. The third-order valence-corrected chi connectivity index (χ3v) is 3.41. The van der Waals surface area contributed by atoms with Gasteiger partial charge in [0, 0.05) is 25.5 Å². The Bertz CT molecular complexity index is 823. The van der Waals surface area contributed by atoms with Crippen LogP contribution in [0.15, 0.2) is 46.3 Å². The van der Waals surface area contributed by atoms with Gasteiger partial charge in [-0.3, -0.25) is 9.20 Å². The maximum atomic E-state index is 11.3. The summed E-state index contributed by atoms with van der Waals surface area (Å²) >= 11 is 3.35. The van der Waals surface area contributed by atoms with E-state index in [0.29, 0.717) is 6.54 Å². The van der Waals surface area contributed by atoms with Crippen LogP contribution in [0.5, 0.6) is 0 Å². The molecule has 0 amide bonds. The number of anilines is 1. The number of fused-ring (bicyclic) bond motifs is 1. The van der Waals surface area contributed by atoms with Crippen LogP contribution < -0.4 is 10.9 Å². The lowest BCUT2D eigenvalue weighted by Crippen LogP contribution is -2.15. The monoisotopic (exact) mass is 333 g/mol. The van der Waals surface area contributed by atoms with Gasteiger partial charge in [-0.15, -0.1) is 0 Å². The molecule has 0 aliphatic carbocycles. The first-order valence-corrected chi connectivity index (χ1v) is 6.81. The highest BCUT2D eigenvalue weighted by Crippen LogP contribution is 2.12. The lowest BCUT2D eigenvalue weighted by Gasteiger charge is -2.07. The molecule has 0 radical (unpaired) electrons. The smallest absolute Gasteiger partial charge is 0.250 e. The van der Waals surface area contributed by atoms with Gasteiger partial charge in [-0.1, -0.05) is 0 Å². The molecule has 0 aliphatic heterocycles. The van der Waals surface area contributed by atoms with E-state index in [1.165, 1.54) is 10.6 Å². The van der Waals surface area contributed by atoms with Crippen molar-refractivity contribution >= 4 is 27.3 Å². The van der Waals surface area contributed by atoms with Gasteiger partial charge < -0.3 is 9.88 Å². The van der Waals surface area contributed by atoms with Gasteiger partial charge in [-0.25, -0.2) is 9.97 Å². The predicted octanol–water partition coefficient (Wildman–Crippen LogP) is 1.80. The zero-order valence-electron chi connectivity index (χ0n) is 10.7. The first-order chi connectivity index (χ1) is 9.63. The number of imidazole rings is 1. The normalized spacial score (nSPS) is 10.9.